The van der Waals surface area contributed by atoms with Gasteiger partial charge in [-0.1, -0.05) is 6.92 Å². The molecular formula is C14H22N8S. The van der Waals surface area contributed by atoms with Gasteiger partial charge in [-0.15, -0.1) is 0 Å². The summed E-state index contributed by atoms with van der Waals surface area (Å²) in [6.07, 6.45) is 2.64. The van der Waals surface area contributed by atoms with E-state index in [0.29, 0.717) is 6.54 Å². The molecule has 2 aromatic rings. The van der Waals surface area contributed by atoms with Crippen LogP contribution in [0.1, 0.15) is 18.4 Å². The van der Waals surface area contributed by atoms with Crippen molar-refractivity contribution in [2.45, 2.75) is 19.9 Å². The lowest BCUT2D eigenvalue weighted by atomic mass is 10.3. The molecule has 0 bridgehead atoms. The quantitative estimate of drug-likeness (QED) is 0.633. The summed E-state index contributed by atoms with van der Waals surface area (Å²) in [5.41, 5.74) is 1.05. The molecule has 0 unspecified atom stereocenters. The topological polar surface area (TPSA) is 85.3 Å². The minimum Gasteiger partial charge on any atom is -0.351 e. The van der Waals surface area contributed by atoms with Crippen molar-refractivity contribution in [3.8, 4) is 0 Å². The Labute approximate surface area is 139 Å². The van der Waals surface area contributed by atoms with Gasteiger partial charge in [0.15, 0.2) is 5.96 Å². The number of nitrogens with zero attached hydrogens (tertiary/aromatic N) is 6. The van der Waals surface area contributed by atoms with Gasteiger partial charge in [0.1, 0.15) is 5.82 Å². The van der Waals surface area contributed by atoms with Crippen molar-refractivity contribution in [2.75, 3.05) is 38.1 Å². The molecule has 2 N–H and O–H groups in total. The van der Waals surface area contributed by atoms with Crippen LogP contribution in [0.3, 0.4) is 0 Å². The molecule has 8 nitrogen and oxygen atoms in total. The van der Waals surface area contributed by atoms with Crippen LogP contribution in [0, 0.1) is 0 Å². The summed E-state index contributed by atoms with van der Waals surface area (Å²) in [6, 6.07) is 1.96. The van der Waals surface area contributed by atoms with E-state index in [1.54, 1.807) is 6.20 Å². The maximum atomic E-state index is 4.57. The van der Waals surface area contributed by atoms with Gasteiger partial charge in [-0.25, -0.2) is 4.98 Å². The highest BCUT2D eigenvalue weighted by atomic mass is 32.1. The van der Waals surface area contributed by atoms with Crippen molar-refractivity contribution >= 4 is 22.6 Å². The monoisotopic (exact) mass is 334 g/mol. The lowest BCUT2D eigenvalue weighted by Crippen LogP contribution is -2.52. The molecule has 0 aromatic carbocycles. The Hall–Kier alpha value is -2.16. The summed E-state index contributed by atoms with van der Waals surface area (Å²) in [7, 11) is 1.82. The average Bonchev–Trinajstić information content (AvgIpc) is 3.27. The van der Waals surface area contributed by atoms with Crippen LogP contribution in [0.15, 0.2) is 17.3 Å². The molecule has 3 heterocycles. The largest absolute Gasteiger partial charge is 0.351 e. The van der Waals surface area contributed by atoms with Gasteiger partial charge in [0.2, 0.25) is 5.13 Å². The summed E-state index contributed by atoms with van der Waals surface area (Å²) in [4.78, 5) is 13.5. The molecule has 124 valence electrons. The number of guanidine groups is 1. The Kier molecular flexibility index (Phi) is 5.06. The van der Waals surface area contributed by atoms with Gasteiger partial charge in [0.05, 0.1) is 12.2 Å². The number of aliphatic imine (C=N–C) groups is 1. The van der Waals surface area contributed by atoms with Gasteiger partial charge in [-0.05, 0) is 6.07 Å². The number of hydrogen-bond acceptors (Lipinski definition) is 6. The van der Waals surface area contributed by atoms with E-state index in [9.17, 15) is 0 Å². The number of hydrogen-bond donors (Lipinski definition) is 2. The number of rotatable bonds is 4. The number of aromatic amines is 1. The van der Waals surface area contributed by atoms with E-state index in [0.717, 1.165) is 55.2 Å². The number of anilines is 1. The predicted octanol–water partition coefficient (Wildman–Crippen LogP) is 0.721. The third-order valence-electron chi connectivity index (χ3n) is 3.83. The summed E-state index contributed by atoms with van der Waals surface area (Å²) < 4.78 is 4.37. The van der Waals surface area contributed by atoms with E-state index in [1.165, 1.54) is 11.5 Å². The van der Waals surface area contributed by atoms with Crippen molar-refractivity contribution in [2.24, 2.45) is 4.99 Å². The van der Waals surface area contributed by atoms with Gasteiger partial charge in [-0.3, -0.25) is 10.1 Å². The lowest BCUT2D eigenvalue weighted by Gasteiger charge is -2.36. The zero-order valence-corrected chi connectivity index (χ0v) is 14.3. The van der Waals surface area contributed by atoms with Crippen LogP contribution in [0.4, 0.5) is 5.13 Å². The van der Waals surface area contributed by atoms with Crippen LogP contribution in [0.25, 0.3) is 0 Å². The van der Waals surface area contributed by atoms with Crippen molar-refractivity contribution in [1.29, 1.82) is 0 Å². The van der Waals surface area contributed by atoms with Gasteiger partial charge in [-0.2, -0.15) is 9.47 Å². The van der Waals surface area contributed by atoms with Crippen molar-refractivity contribution in [3.63, 3.8) is 0 Å². The maximum absolute atomic E-state index is 4.57. The number of aromatic nitrogens is 4. The van der Waals surface area contributed by atoms with Gasteiger partial charge >= 0.3 is 0 Å². The molecule has 0 aliphatic carbocycles. The van der Waals surface area contributed by atoms with E-state index in [2.05, 4.69) is 46.6 Å². The van der Waals surface area contributed by atoms with Gasteiger partial charge in [0.25, 0.3) is 0 Å². The third kappa shape index (κ3) is 3.79. The Morgan fingerprint density at radius 1 is 1.39 bits per heavy atom. The van der Waals surface area contributed by atoms with Crippen molar-refractivity contribution < 1.29 is 0 Å². The second-order valence-corrected chi connectivity index (χ2v) is 6.03. The van der Waals surface area contributed by atoms with Crippen LogP contribution in [-0.4, -0.2) is 63.6 Å². The number of nitrogens with one attached hydrogen (secondary N) is 2. The molecule has 2 aromatic heterocycles. The molecule has 1 fully saturated rings. The highest BCUT2D eigenvalue weighted by Gasteiger charge is 2.21. The lowest BCUT2D eigenvalue weighted by molar-refractivity contribution is 0.372. The van der Waals surface area contributed by atoms with E-state index in [-0.39, 0.29) is 0 Å². The smallest absolute Gasteiger partial charge is 0.205 e. The maximum Gasteiger partial charge on any atom is 0.205 e. The fourth-order valence-corrected chi connectivity index (χ4v) is 3.32. The predicted molar refractivity (Wildman–Crippen MR) is 91.9 cm³/mol. The van der Waals surface area contributed by atoms with Crippen molar-refractivity contribution in [3.05, 3.63) is 23.8 Å². The van der Waals surface area contributed by atoms with Crippen LogP contribution < -0.4 is 10.2 Å². The Morgan fingerprint density at radius 3 is 2.83 bits per heavy atom. The minimum atomic E-state index is 0.698. The van der Waals surface area contributed by atoms with E-state index in [4.69, 9.17) is 0 Å². The second-order valence-electron chi connectivity index (χ2n) is 5.30. The first-order chi connectivity index (χ1) is 11.3. The van der Waals surface area contributed by atoms with Crippen molar-refractivity contribution in [1.82, 2.24) is 29.8 Å². The molecule has 1 aliphatic rings. The fraction of sp³-hybridized carbons (Fsp3) is 0.571. The third-order valence-corrected chi connectivity index (χ3v) is 4.65. The highest BCUT2D eigenvalue weighted by Crippen LogP contribution is 2.19. The zero-order valence-electron chi connectivity index (χ0n) is 13.5. The molecule has 0 spiro atoms. The first-order valence-corrected chi connectivity index (χ1v) is 8.59. The molecular weight excluding hydrogens is 312 g/mol. The summed E-state index contributed by atoms with van der Waals surface area (Å²) in [5, 5.41) is 11.3. The normalized spacial score (nSPS) is 16.0. The molecule has 3 rings (SSSR count). The van der Waals surface area contributed by atoms with E-state index in [1.807, 2.05) is 13.1 Å². The molecule has 0 radical (unpaired) electrons. The molecule has 0 amide bonds. The summed E-state index contributed by atoms with van der Waals surface area (Å²) >= 11 is 1.49. The molecule has 23 heavy (non-hydrogen) atoms. The fourth-order valence-electron chi connectivity index (χ4n) is 2.52. The number of aryl methyl sites for hydroxylation is 1. The average molecular weight is 334 g/mol. The standard InChI is InChI=1S/C14H22N8S/c1-3-12-18-14(23-20-12)22-8-6-21(7-9-22)13(15-2)16-10-11-4-5-17-19-11/h4-5H,3,6-10H2,1-2H3,(H,15,16)(H,17,19). The Morgan fingerprint density at radius 2 is 2.22 bits per heavy atom. The van der Waals surface area contributed by atoms with E-state index >= 15 is 0 Å². The van der Waals surface area contributed by atoms with Gasteiger partial charge < -0.3 is 15.1 Å². The van der Waals surface area contributed by atoms with Crippen LogP contribution in [-0.2, 0) is 13.0 Å². The van der Waals surface area contributed by atoms with Crippen LogP contribution in [0.2, 0.25) is 0 Å². The van der Waals surface area contributed by atoms with Crippen LogP contribution >= 0.6 is 11.5 Å². The Bertz CT molecular complexity index is 627. The number of piperazine rings is 1. The molecule has 1 aliphatic heterocycles. The summed E-state index contributed by atoms with van der Waals surface area (Å²) in [5.74, 6) is 1.86. The SMILES string of the molecule is CCc1nsc(N2CCN(C(=NC)NCc3ccn[nH]3)CC2)n1. The van der Waals surface area contributed by atoms with Gasteiger partial charge in [0, 0.05) is 57.4 Å². The van der Waals surface area contributed by atoms with E-state index < -0.39 is 0 Å². The molecule has 0 saturated carbocycles. The number of H-pyrrole nitrogens is 1. The minimum absolute atomic E-state index is 0.698. The highest BCUT2D eigenvalue weighted by molar-refractivity contribution is 7.09. The second kappa shape index (κ2) is 7.40. The molecule has 9 heteroatoms. The molecule has 0 atom stereocenters. The Balaban J connectivity index is 1.52. The first kappa shape index (κ1) is 15.7. The van der Waals surface area contributed by atoms with Crippen LogP contribution in [0.5, 0.6) is 0 Å². The first-order valence-electron chi connectivity index (χ1n) is 7.81. The summed E-state index contributed by atoms with van der Waals surface area (Å²) in [6.45, 7) is 6.49. The zero-order chi connectivity index (χ0) is 16.1. The molecule has 1 saturated heterocycles.